The lowest BCUT2D eigenvalue weighted by atomic mass is 9.37. The molecule has 4 bridgehead atoms. The van der Waals surface area contributed by atoms with E-state index in [1.54, 1.807) is 0 Å². The molecule has 5 saturated carbocycles. The molecule has 1 nitrogen and oxygen atoms in total. The summed E-state index contributed by atoms with van der Waals surface area (Å²) in [5, 5.41) is 0. The minimum absolute atomic E-state index is 0.286. The molecule has 1 heterocycles. The average Bonchev–Trinajstić information content (AvgIpc) is 2.92. The van der Waals surface area contributed by atoms with Crippen molar-refractivity contribution in [2.45, 2.75) is 65.1 Å². The Bertz CT molecular complexity index is 363. The van der Waals surface area contributed by atoms with Gasteiger partial charge in [-0.25, -0.2) is 0 Å². The highest BCUT2D eigenvalue weighted by atomic mass is 16.6. The van der Waals surface area contributed by atoms with Crippen LogP contribution >= 0.6 is 0 Å². The summed E-state index contributed by atoms with van der Waals surface area (Å²) in [6, 6.07) is 0. The summed E-state index contributed by atoms with van der Waals surface area (Å²) in [6.07, 6.45) is 6.34. The molecular formula is C16H26O. The smallest absolute Gasteiger partial charge is 0.0923 e. The number of epoxide rings is 1. The van der Waals surface area contributed by atoms with Crippen molar-refractivity contribution in [1.29, 1.82) is 0 Å². The Labute approximate surface area is 105 Å². The average molecular weight is 234 g/mol. The molecule has 1 heteroatoms. The summed E-state index contributed by atoms with van der Waals surface area (Å²) in [6.45, 7) is 9.83. The number of hydrogen-bond donors (Lipinski definition) is 0. The number of ether oxygens (including phenoxy) is 1. The van der Waals surface area contributed by atoms with Crippen LogP contribution in [0.25, 0.3) is 0 Å². The lowest BCUT2D eigenvalue weighted by molar-refractivity contribution is -0.199. The first-order chi connectivity index (χ1) is 7.96. The van der Waals surface area contributed by atoms with Gasteiger partial charge in [0.25, 0.3) is 0 Å². The van der Waals surface area contributed by atoms with Crippen molar-refractivity contribution >= 4 is 0 Å². The molecule has 7 atom stereocenters. The number of fused-ring (bicyclic) bond motifs is 2. The second-order valence-electron chi connectivity index (χ2n) is 8.10. The molecule has 6 fully saturated rings. The third kappa shape index (κ3) is 1.15. The molecule has 5 aliphatic carbocycles. The zero-order chi connectivity index (χ0) is 12.0. The molecule has 0 N–H and O–H groups in total. The van der Waals surface area contributed by atoms with Gasteiger partial charge in [-0.2, -0.15) is 0 Å². The first kappa shape index (κ1) is 10.8. The zero-order valence-corrected chi connectivity index (χ0v) is 11.7. The third-order valence-electron chi connectivity index (χ3n) is 7.12. The lowest BCUT2D eigenvalue weighted by Gasteiger charge is -2.67. The predicted octanol–water partition coefficient (Wildman–Crippen LogP) is 3.87. The van der Waals surface area contributed by atoms with Gasteiger partial charge in [-0.05, 0) is 67.6 Å². The quantitative estimate of drug-likeness (QED) is 0.627. The van der Waals surface area contributed by atoms with Gasteiger partial charge >= 0.3 is 0 Å². The highest BCUT2D eigenvalue weighted by Gasteiger charge is 2.71. The maximum absolute atomic E-state index is 5.95. The van der Waals surface area contributed by atoms with Crippen LogP contribution in [0.5, 0.6) is 0 Å². The van der Waals surface area contributed by atoms with Gasteiger partial charge in [-0.1, -0.05) is 20.8 Å². The maximum Gasteiger partial charge on any atom is 0.0923 e. The molecule has 17 heavy (non-hydrogen) atoms. The number of rotatable bonds is 1. The van der Waals surface area contributed by atoms with Crippen LogP contribution in [0.2, 0.25) is 0 Å². The Balaban J connectivity index is 1.68. The molecule has 1 saturated heterocycles. The summed E-state index contributed by atoms with van der Waals surface area (Å²) in [7, 11) is 0. The van der Waals surface area contributed by atoms with E-state index >= 15 is 0 Å². The normalized spacial score (nSPS) is 63.7. The molecule has 0 spiro atoms. The van der Waals surface area contributed by atoms with Crippen LogP contribution in [0.3, 0.4) is 0 Å². The second-order valence-corrected chi connectivity index (χ2v) is 8.10. The summed E-state index contributed by atoms with van der Waals surface area (Å²) >= 11 is 0. The van der Waals surface area contributed by atoms with Gasteiger partial charge in [0.15, 0.2) is 0 Å². The van der Waals surface area contributed by atoms with Crippen molar-refractivity contribution in [2.75, 3.05) is 0 Å². The monoisotopic (exact) mass is 234 g/mol. The van der Waals surface area contributed by atoms with E-state index in [1.807, 2.05) is 0 Å². The molecular weight excluding hydrogens is 208 g/mol. The van der Waals surface area contributed by atoms with Gasteiger partial charge in [0.1, 0.15) is 0 Å². The van der Waals surface area contributed by atoms with E-state index in [0.717, 1.165) is 29.6 Å². The molecule has 0 aromatic heterocycles. The number of hydrogen-bond acceptors (Lipinski definition) is 1. The Morgan fingerprint density at radius 2 is 1.94 bits per heavy atom. The molecule has 6 rings (SSSR count). The zero-order valence-electron chi connectivity index (χ0n) is 11.7. The summed E-state index contributed by atoms with van der Waals surface area (Å²) in [5.41, 5.74) is 0.976. The first-order valence-electron chi connectivity index (χ1n) is 7.63. The Morgan fingerprint density at radius 1 is 1.18 bits per heavy atom. The van der Waals surface area contributed by atoms with Crippen molar-refractivity contribution in [2.24, 2.45) is 35.0 Å². The first-order valence-corrected chi connectivity index (χ1v) is 7.63. The van der Waals surface area contributed by atoms with E-state index in [4.69, 9.17) is 4.74 Å². The molecule has 0 amide bonds. The van der Waals surface area contributed by atoms with Gasteiger partial charge < -0.3 is 4.74 Å². The molecule has 1 aliphatic heterocycles. The highest BCUT2D eigenvalue weighted by molar-refractivity contribution is 5.20. The van der Waals surface area contributed by atoms with Crippen LogP contribution in [-0.2, 0) is 4.74 Å². The van der Waals surface area contributed by atoms with Gasteiger partial charge in [0.2, 0.25) is 0 Å². The summed E-state index contributed by atoms with van der Waals surface area (Å²) < 4.78 is 5.95. The molecule has 0 radical (unpaired) electrons. The van der Waals surface area contributed by atoms with E-state index < -0.39 is 0 Å². The van der Waals surface area contributed by atoms with Gasteiger partial charge in [0, 0.05) is 0 Å². The van der Waals surface area contributed by atoms with Crippen LogP contribution in [0.15, 0.2) is 0 Å². The summed E-state index contributed by atoms with van der Waals surface area (Å²) in [4.78, 5) is 0. The van der Waals surface area contributed by atoms with Crippen molar-refractivity contribution in [1.82, 2.24) is 0 Å². The van der Waals surface area contributed by atoms with E-state index in [1.165, 1.54) is 25.7 Å². The Hall–Kier alpha value is -0.0400. The fourth-order valence-corrected chi connectivity index (χ4v) is 5.96. The van der Waals surface area contributed by atoms with Crippen LogP contribution in [0.4, 0.5) is 0 Å². The van der Waals surface area contributed by atoms with Crippen molar-refractivity contribution in [3.05, 3.63) is 0 Å². The van der Waals surface area contributed by atoms with Crippen LogP contribution in [0, 0.1) is 35.0 Å². The van der Waals surface area contributed by atoms with Crippen molar-refractivity contribution in [3.63, 3.8) is 0 Å². The molecule has 6 aliphatic rings. The molecule has 0 aromatic carbocycles. The molecule has 0 aromatic rings. The fraction of sp³-hybridized carbons (Fsp3) is 1.00. The second kappa shape index (κ2) is 2.92. The van der Waals surface area contributed by atoms with Gasteiger partial charge in [-0.3, -0.25) is 0 Å². The lowest BCUT2D eigenvalue weighted by Crippen LogP contribution is -2.62. The molecule has 96 valence electrons. The Morgan fingerprint density at radius 3 is 2.65 bits per heavy atom. The van der Waals surface area contributed by atoms with Crippen LogP contribution < -0.4 is 0 Å². The van der Waals surface area contributed by atoms with E-state index in [0.29, 0.717) is 11.5 Å². The summed E-state index contributed by atoms with van der Waals surface area (Å²) in [5.74, 6) is 4.90. The minimum Gasteiger partial charge on any atom is -0.366 e. The largest absolute Gasteiger partial charge is 0.366 e. The molecule has 2 unspecified atom stereocenters. The Kier molecular flexibility index (Phi) is 1.86. The minimum atomic E-state index is 0.286. The van der Waals surface area contributed by atoms with E-state index in [-0.39, 0.29) is 5.60 Å². The third-order valence-corrected chi connectivity index (χ3v) is 7.12. The van der Waals surface area contributed by atoms with Crippen molar-refractivity contribution in [3.8, 4) is 0 Å². The van der Waals surface area contributed by atoms with Crippen LogP contribution in [0.1, 0.15) is 53.4 Å². The van der Waals surface area contributed by atoms with E-state index in [9.17, 15) is 0 Å². The SMILES string of the molecule is CC(C)[C@@H]1CC[C@@]2(C)C3C[C@]4(C)OC4C[C@H]2[C@@H]31. The highest BCUT2D eigenvalue weighted by Crippen LogP contribution is 2.74. The van der Waals surface area contributed by atoms with Gasteiger partial charge in [0.05, 0.1) is 11.7 Å². The predicted molar refractivity (Wildman–Crippen MR) is 68.7 cm³/mol. The van der Waals surface area contributed by atoms with Gasteiger partial charge in [-0.15, -0.1) is 0 Å². The topological polar surface area (TPSA) is 12.5 Å². The standard InChI is InChI=1S/C16H26O/c1-9(2)10-5-6-15(3)11-7-13-16(4,17-13)8-12(15)14(10)11/h9-14H,5-8H2,1-4H3/t10-,11-,12?,13?,14-,15+,16-/m0/s1. The van der Waals surface area contributed by atoms with E-state index in [2.05, 4.69) is 27.7 Å². The van der Waals surface area contributed by atoms with Crippen LogP contribution in [-0.4, -0.2) is 11.7 Å². The van der Waals surface area contributed by atoms with Crippen molar-refractivity contribution < 1.29 is 4.74 Å². The fourth-order valence-electron chi connectivity index (χ4n) is 5.96. The maximum atomic E-state index is 5.95.